The summed E-state index contributed by atoms with van der Waals surface area (Å²) in [6.07, 6.45) is 48.7. The van der Waals surface area contributed by atoms with Crippen LogP contribution >= 0.6 is 7.82 Å². The number of carbonyl (C=O) groups excluding carboxylic acids is 2. The van der Waals surface area contributed by atoms with Gasteiger partial charge in [-0.1, -0.05) is 165 Å². The molecule has 0 aromatic rings. The van der Waals surface area contributed by atoms with Gasteiger partial charge in [0.15, 0.2) is 6.10 Å². The molecule has 0 amide bonds. The van der Waals surface area contributed by atoms with E-state index in [4.69, 9.17) is 14.0 Å². The third kappa shape index (κ3) is 39.7. The zero-order chi connectivity index (χ0) is 39.6. The molecule has 8 nitrogen and oxygen atoms in total. The highest BCUT2D eigenvalue weighted by molar-refractivity contribution is 7.47. The Labute approximate surface area is 331 Å². The smallest absolute Gasteiger partial charge is 0.462 e. The third-order valence-electron chi connectivity index (χ3n) is 9.30. The maximum atomic E-state index is 12.5. The predicted octanol–water partition coefficient (Wildman–Crippen LogP) is 13.8. The summed E-state index contributed by atoms with van der Waals surface area (Å²) >= 11 is 0. The van der Waals surface area contributed by atoms with E-state index in [2.05, 4.69) is 67.0 Å². The van der Waals surface area contributed by atoms with E-state index in [0.29, 0.717) is 6.42 Å². The summed E-state index contributed by atoms with van der Waals surface area (Å²) in [6, 6.07) is 0. The van der Waals surface area contributed by atoms with Crippen LogP contribution in [0.25, 0.3) is 0 Å². The molecule has 0 rings (SSSR count). The minimum absolute atomic E-state index is 0.235. The monoisotopic (exact) mass is 781 g/mol. The fourth-order valence-electron chi connectivity index (χ4n) is 5.88. The molecule has 0 aliphatic carbocycles. The van der Waals surface area contributed by atoms with Crippen LogP contribution < -0.4 is 0 Å². The average molecular weight is 781 g/mol. The fourth-order valence-corrected chi connectivity index (χ4v) is 6.34. The zero-order valence-electron chi connectivity index (χ0n) is 34.9. The van der Waals surface area contributed by atoms with Crippen molar-refractivity contribution in [3.8, 4) is 0 Å². The van der Waals surface area contributed by atoms with Crippen LogP contribution in [0.3, 0.4) is 0 Å². The van der Waals surface area contributed by atoms with Crippen LogP contribution in [0.1, 0.15) is 200 Å². The standard InChI is InChI=1S/C45H81O8P/c1-4-6-8-10-12-14-16-18-20-21-22-23-24-25-26-28-30-32-34-36-38-40-45(47)53-43(42-52-54(48,49)50-3)41-51-44(46)39-37-35-33-31-29-27-19-17-15-13-11-9-7-5-2/h11,13,16-19,21-22,43H,4-10,12,14-15,20,23-42H2,1-3H3,(H,48,49)/b13-11-,18-16-,19-17-,22-21-. The summed E-state index contributed by atoms with van der Waals surface area (Å²) in [6.45, 7) is 3.82. The van der Waals surface area contributed by atoms with Crippen LogP contribution in [0.2, 0.25) is 0 Å². The lowest BCUT2D eigenvalue weighted by molar-refractivity contribution is -0.161. The molecular weight excluding hydrogens is 699 g/mol. The molecule has 0 radical (unpaired) electrons. The molecule has 0 aliphatic rings. The van der Waals surface area contributed by atoms with E-state index < -0.39 is 26.5 Å². The van der Waals surface area contributed by atoms with Crippen molar-refractivity contribution in [3.63, 3.8) is 0 Å². The van der Waals surface area contributed by atoms with Crippen LogP contribution in [0, 0.1) is 0 Å². The number of carbonyl (C=O) groups is 2. The SMILES string of the molecule is CCCC/C=C\C/C=C\CCCCCCCC(=O)OCC(COP(=O)(O)OC)OC(=O)CCCCCCCCCCC/C=C\C/C=C\CCCCCCC. The summed E-state index contributed by atoms with van der Waals surface area (Å²) in [4.78, 5) is 34.5. The molecule has 0 aliphatic heterocycles. The molecule has 0 saturated heterocycles. The number of unbranched alkanes of at least 4 members (excludes halogenated alkanes) is 21. The van der Waals surface area contributed by atoms with Gasteiger partial charge in [-0.25, -0.2) is 4.57 Å². The van der Waals surface area contributed by atoms with Crippen molar-refractivity contribution in [1.82, 2.24) is 0 Å². The second-order valence-electron chi connectivity index (χ2n) is 14.5. The molecule has 1 N–H and O–H groups in total. The molecule has 0 heterocycles. The average Bonchev–Trinajstić information content (AvgIpc) is 3.16. The van der Waals surface area contributed by atoms with E-state index in [1.54, 1.807) is 0 Å². The molecule has 0 saturated carbocycles. The zero-order valence-corrected chi connectivity index (χ0v) is 35.8. The van der Waals surface area contributed by atoms with E-state index in [1.165, 1.54) is 96.3 Å². The maximum Gasteiger partial charge on any atom is 0.472 e. The molecular formula is C45H81O8P. The second kappa shape index (κ2) is 40.7. The van der Waals surface area contributed by atoms with Gasteiger partial charge in [0, 0.05) is 20.0 Å². The van der Waals surface area contributed by atoms with Crippen molar-refractivity contribution >= 4 is 19.8 Å². The predicted molar refractivity (Wildman–Crippen MR) is 225 cm³/mol. The van der Waals surface area contributed by atoms with Crippen LogP contribution in [0.4, 0.5) is 0 Å². The van der Waals surface area contributed by atoms with E-state index in [-0.39, 0.29) is 25.4 Å². The van der Waals surface area contributed by atoms with Gasteiger partial charge < -0.3 is 14.4 Å². The Morgan fingerprint density at radius 2 is 0.907 bits per heavy atom. The molecule has 2 atom stereocenters. The molecule has 314 valence electrons. The number of allylic oxidation sites excluding steroid dienone is 8. The Kier molecular flexibility index (Phi) is 39.2. The molecule has 2 unspecified atom stereocenters. The molecule has 54 heavy (non-hydrogen) atoms. The Morgan fingerprint density at radius 1 is 0.519 bits per heavy atom. The summed E-state index contributed by atoms with van der Waals surface area (Å²) < 4.78 is 32.0. The summed E-state index contributed by atoms with van der Waals surface area (Å²) in [7, 11) is -3.21. The number of ether oxygens (including phenoxy) is 2. The molecule has 0 aromatic heterocycles. The topological polar surface area (TPSA) is 108 Å². The molecule has 0 aromatic carbocycles. The molecule has 0 bridgehead atoms. The van der Waals surface area contributed by atoms with Gasteiger partial charge in [0.25, 0.3) is 0 Å². The Bertz CT molecular complexity index is 1020. The largest absolute Gasteiger partial charge is 0.472 e. The maximum absolute atomic E-state index is 12.5. The van der Waals surface area contributed by atoms with Crippen LogP contribution in [0.5, 0.6) is 0 Å². The van der Waals surface area contributed by atoms with Gasteiger partial charge in [-0.05, 0) is 70.6 Å². The number of hydrogen-bond donors (Lipinski definition) is 1. The van der Waals surface area contributed by atoms with Gasteiger partial charge in [-0.2, -0.15) is 0 Å². The van der Waals surface area contributed by atoms with Gasteiger partial charge in [0.05, 0.1) is 6.61 Å². The minimum atomic E-state index is -4.27. The summed E-state index contributed by atoms with van der Waals surface area (Å²) in [5.74, 6) is -0.824. The van der Waals surface area contributed by atoms with E-state index in [0.717, 1.165) is 77.7 Å². The Morgan fingerprint density at radius 3 is 1.35 bits per heavy atom. The van der Waals surface area contributed by atoms with Crippen molar-refractivity contribution in [1.29, 1.82) is 0 Å². The van der Waals surface area contributed by atoms with Crippen molar-refractivity contribution < 1.29 is 37.6 Å². The first-order valence-corrected chi connectivity index (χ1v) is 23.3. The third-order valence-corrected chi connectivity index (χ3v) is 10.2. The number of esters is 2. The van der Waals surface area contributed by atoms with Crippen molar-refractivity contribution in [2.24, 2.45) is 0 Å². The highest BCUT2D eigenvalue weighted by Crippen LogP contribution is 2.42. The van der Waals surface area contributed by atoms with E-state index in [1.807, 2.05) is 0 Å². The van der Waals surface area contributed by atoms with Crippen LogP contribution in [0.15, 0.2) is 48.6 Å². The minimum Gasteiger partial charge on any atom is -0.462 e. The summed E-state index contributed by atoms with van der Waals surface area (Å²) in [5.41, 5.74) is 0. The normalized spacial score (nSPS) is 13.8. The van der Waals surface area contributed by atoms with Crippen LogP contribution in [-0.4, -0.2) is 43.3 Å². The van der Waals surface area contributed by atoms with Gasteiger partial charge in [0.1, 0.15) is 6.61 Å². The Hall–Kier alpha value is -1.99. The first-order chi connectivity index (χ1) is 26.3. The van der Waals surface area contributed by atoms with E-state index >= 15 is 0 Å². The number of phosphoric acid groups is 1. The highest BCUT2D eigenvalue weighted by Gasteiger charge is 2.24. The number of rotatable bonds is 40. The molecule has 9 heteroatoms. The lowest BCUT2D eigenvalue weighted by Gasteiger charge is -2.19. The Balaban J connectivity index is 4.00. The number of phosphoric ester groups is 1. The first-order valence-electron chi connectivity index (χ1n) is 21.8. The first kappa shape index (κ1) is 52.0. The van der Waals surface area contributed by atoms with Gasteiger partial charge in [-0.3, -0.25) is 18.6 Å². The molecule has 0 spiro atoms. The molecule has 0 fully saturated rings. The second-order valence-corrected chi connectivity index (χ2v) is 16.0. The highest BCUT2D eigenvalue weighted by atomic mass is 31.2. The van der Waals surface area contributed by atoms with E-state index in [9.17, 15) is 19.0 Å². The lowest BCUT2D eigenvalue weighted by Crippen LogP contribution is -2.29. The summed E-state index contributed by atoms with van der Waals surface area (Å²) in [5, 5.41) is 0. The lowest BCUT2D eigenvalue weighted by atomic mass is 10.1. The van der Waals surface area contributed by atoms with Crippen LogP contribution in [-0.2, 0) is 32.7 Å². The van der Waals surface area contributed by atoms with Gasteiger partial charge in [0.2, 0.25) is 0 Å². The van der Waals surface area contributed by atoms with Crippen molar-refractivity contribution in [2.75, 3.05) is 20.3 Å². The van der Waals surface area contributed by atoms with Gasteiger partial charge in [-0.15, -0.1) is 0 Å². The van der Waals surface area contributed by atoms with Gasteiger partial charge >= 0.3 is 19.8 Å². The fraction of sp³-hybridized carbons (Fsp3) is 0.778. The van der Waals surface area contributed by atoms with Crippen molar-refractivity contribution in [2.45, 2.75) is 206 Å². The quantitative estimate of drug-likeness (QED) is 0.0283. The number of hydrogen-bond acceptors (Lipinski definition) is 7. The van der Waals surface area contributed by atoms with Crippen molar-refractivity contribution in [3.05, 3.63) is 48.6 Å².